The lowest BCUT2D eigenvalue weighted by molar-refractivity contribution is -0.139. The van der Waals surface area contributed by atoms with E-state index < -0.39 is 6.17 Å². The molecule has 116 valence electrons. The number of carbonyl (C=O) groups excluding carboxylic acids is 2. The summed E-state index contributed by atoms with van der Waals surface area (Å²) >= 11 is 0. The average Bonchev–Trinajstić information content (AvgIpc) is 2.83. The van der Waals surface area contributed by atoms with Crippen LogP contribution in [-0.2, 0) is 9.59 Å². The van der Waals surface area contributed by atoms with Crippen molar-refractivity contribution in [1.82, 2.24) is 9.80 Å². The molecule has 1 heterocycles. The number of benzene rings is 1. The van der Waals surface area contributed by atoms with Gasteiger partial charge in [-0.3, -0.25) is 14.5 Å². The highest BCUT2D eigenvalue weighted by Gasteiger charge is 2.30. The first kappa shape index (κ1) is 16.1. The van der Waals surface area contributed by atoms with Gasteiger partial charge in [-0.15, -0.1) is 0 Å². The molecule has 2 amide bonds. The van der Waals surface area contributed by atoms with Gasteiger partial charge in [0.2, 0.25) is 0 Å². The van der Waals surface area contributed by atoms with Gasteiger partial charge in [0.1, 0.15) is 0 Å². The van der Waals surface area contributed by atoms with Gasteiger partial charge in [0, 0.05) is 24.6 Å². The number of imide groups is 1. The molecule has 5 nitrogen and oxygen atoms in total. The van der Waals surface area contributed by atoms with Crippen molar-refractivity contribution in [2.75, 3.05) is 14.1 Å². The summed E-state index contributed by atoms with van der Waals surface area (Å²) in [4.78, 5) is 26.4. The topological polar surface area (TPSA) is 66.6 Å². The first-order chi connectivity index (χ1) is 10.5. The molecule has 1 aromatic rings. The molecule has 1 aromatic carbocycles. The van der Waals surface area contributed by atoms with E-state index in [0.29, 0.717) is 6.42 Å². The summed E-state index contributed by atoms with van der Waals surface area (Å²) in [5.41, 5.74) is 7.15. The quantitative estimate of drug-likeness (QED) is 0.802. The fourth-order valence-electron chi connectivity index (χ4n) is 2.34. The van der Waals surface area contributed by atoms with Gasteiger partial charge >= 0.3 is 0 Å². The Bertz CT molecular complexity index is 575. The first-order valence-corrected chi connectivity index (χ1v) is 7.19. The van der Waals surface area contributed by atoms with E-state index >= 15 is 0 Å². The van der Waals surface area contributed by atoms with Crippen molar-refractivity contribution < 1.29 is 9.59 Å². The second-order valence-electron chi connectivity index (χ2n) is 5.48. The third kappa shape index (κ3) is 3.90. The largest absolute Gasteiger partial charge is 0.311 e. The minimum absolute atomic E-state index is 0.0245. The molecule has 0 radical (unpaired) electrons. The third-order valence-corrected chi connectivity index (χ3v) is 3.63. The van der Waals surface area contributed by atoms with E-state index in [9.17, 15) is 9.59 Å². The van der Waals surface area contributed by atoms with E-state index in [2.05, 4.69) is 0 Å². The fraction of sp³-hybridized carbons (Fsp3) is 0.294. The summed E-state index contributed by atoms with van der Waals surface area (Å²) in [5, 5.41) is 0. The van der Waals surface area contributed by atoms with Crippen LogP contribution in [-0.4, -0.2) is 47.9 Å². The normalized spacial score (nSPS) is 17.7. The van der Waals surface area contributed by atoms with Gasteiger partial charge in [-0.2, -0.15) is 0 Å². The molecule has 5 heteroatoms. The number of nitrogens with zero attached hydrogens (tertiary/aromatic N) is 2. The van der Waals surface area contributed by atoms with Crippen molar-refractivity contribution >= 4 is 17.9 Å². The van der Waals surface area contributed by atoms with E-state index in [4.69, 9.17) is 5.73 Å². The second-order valence-corrected chi connectivity index (χ2v) is 5.48. The summed E-state index contributed by atoms with van der Waals surface area (Å²) in [6, 6.07) is 9.97. The highest BCUT2D eigenvalue weighted by atomic mass is 16.2. The lowest BCUT2D eigenvalue weighted by Gasteiger charge is -2.28. The van der Waals surface area contributed by atoms with Gasteiger partial charge in [0.05, 0.1) is 6.17 Å². The van der Waals surface area contributed by atoms with E-state index in [1.165, 1.54) is 12.2 Å². The number of likely N-dealkylation sites (N-methyl/N-ethyl adjacent to an activating group) is 1. The maximum absolute atomic E-state index is 11.7. The smallest absolute Gasteiger partial charge is 0.254 e. The van der Waals surface area contributed by atoms with Crippen LogP contribution in [0.5, 0.6) is 0 Å². The molecule has 1 aliphatic rings. The zero-order valence-electron chi connectivity index (χ0n) is 12.8. The molecule has 0 bridgehead atoms. The number of nitrogens with two attached hydrogens (primary N) is 1. The van der Waals surface area contributed by atoms with Crippen molar-refractivity contribution in [1.29, 1.82) is 0 Å². The number of amides is 2. The molecule has 2 rings (SSSR count). The Morgan fingerprint density at radius 3 is 2.27 bits per heavy atom. The first-order valence-electron chi connectivity index (χ1n) is 7.19. The molecule has 22 heavy (non-hydrogen) atoms. The predicted molar refractivity (Wildman–Crippen MR) is 86.5 cm³/mol. The monoisotopic (exact) mass is 299 g/mol. The Hall–Kier alpha value is -2.24. The highest BCUT2D eigenvalue weighted by Crippen LogP contribution is 2.14. The Labute approximate surface area is 130 Å². The molecular formula is C17H21N3O2. The van der Waals surface area contributed by atoms with Crippen LogP contribution in [0.2, 0.25) is 0 Å². The SMILES string of the molecule is CN(C)C(C=Cc1ccccc1)CC(N)N1C(=O)C=CC1=O. The van der Waals surface area contributed by atoms with E-state index in [0.717, 1.165) is 10.5 Å². The molecule has 2 N–H and O–H groups in total. The molecule has 2 unspecified atom stereocenters. The molecule has 0 aromatic heterocycles. The zero-order chi connectivity index (χ0) is 16.1. The molecule has 0 spiro atoms. The van der Waals surface area contributed by atoms with Crippen molar-refractivity contribution in [2.45, 2.75) is 18.6 Å². The molecule has 0 saturated heterocycles. The van der Waals surface area contributed by atoms with Crippen LogP contribution in [0.1, 0.15) is 12.0 Å². The van der Waals surface area contributed by atoms with Gasteiger partial charge in [-0.05, 0) is 19.7 Å². The number of hydrogen-bond acceptors (Lipinski definition) is 4. The Balaban J connectivity index is 2.04. The van der Waals surface area contributed by atoms with Crippen LogP contribution < -0.4 is 5.73 Å². The van der Waals surface area contributed by atoms with Crippen LogP contribution >= 0.6 is 0 Å². The molecule has 1 aliphatic heterocycles. The molecule has 2 atom stereocenters. The Morgan fingerprint density at radius 2 is 1.73 bits per heavy atom. The molecular weight excluding hydrogens is 278 g/mol. The van der Waals surface area contributed by atoms with Crippen molar-refractivity contribution in [3.8, 4) is 0 Å². The van der Waals surface area contributed by atoms with E-state index in [1.807, 2.05) is 61.5 Å². The van der Waals surface area contributed by atoms with Crippen molar-refractivity contribution in [3.63, 3.8) is 0 Å². The minimum Gasteiger partial charge on any atom is -0.311 e. The lowest BCUT2D eigenvalue weighted by Crippen LogP contribution is -2.48. The van der Waals surface area contributed by atoms with Crippen molar-refractivity contribution in [3.05, 3.63) is 54.1 Å². The summed E-state index contributed by atoms with van der Waals surface area (Å²) in [7, 11) is 3.89. The van der Waals surface area contributed by atoms with Gasteiger partial charge in [-0.25, -0.2) is 0 Å². The Morgan fingerprint density at radius 1 is 1.14 bits per heavy atom. The van der Waals surface area contributed by atoms with Crippen LogP contribution in [0.3, 0.4) is 0 Å². The number of hydrogen-bond donors (Lipinski definition) is 1. The highest BCUT2D eigenvalue weighted by molar-refractivity contribution is 6.13. The number of rotatable bonds is 6. The van der Waals surface area contributed by atoms with Gasteiger partial charge in [0.15, 0.2) is 0 Å². The number of carbonyl (C=O) groups is 2. The maximum Gasteiger partial charge on any atom is 0.254 e. The third-order valence-electron chi connectivity index (χ3n) is 3.63. The van der Waals surface area contributed by atoms with Gasteiger partial charge < -0.3 is 10.6 Å². The average molecular weight is 299 g/mol. The standard InChI is InChI=1S/C17H21N3O2/c1-19(2)14(9-8-13-6-4-3-5-7-13)12-15(18)20-16(21)10-11-17(20)22/h3-11,14-15H,12,18H2,1-2H3. The van der Waals surface area contributed by atoms with Crippen LogP contribution in [0, 0.1) is 0 Å². The van der Waals surface area contributed by atoms with Crippen LogP contribution in [0.25, 0.3) is 6.08 Å². The lowest BCUT2D eigenvalue weighted by atomic mass is 10.1. The van der Waals surface area contributed by atoms with E-state index in [1.54, 1.807) is 0 Å². The fourth-order valence-corrected chi connectivity index (χ4v) is 2.34. The summed E-state index contributed by atoms with van der Waals surface area (Å²) in [6.07, 6.45) is 6.41. The van der Waals surface area contributed by atoms with Gasteiger partial charge in [-0.1, -0.05) is 42.5 Å². The van der Waals surface area contributed by atoms with Crippen LogP contribution in [0.15, 0.2) is 48.6 Å². The minimum atomic E-state index is -0.636. The molecule has 0 saturated carbocycles. The second kappa shape index (κ2) is 7.15. The predicted octanol–water partition coefficient (Wildman–Crippen LogP) is 1.23. The molecule has 0 fully saturated rings. The zero-order valence-corrected chi connectivity index (χ0v) is 12.8. The summed E-state index contributed by atoms with van der Waals surface area (Å²) in [6.45, 7) is 0. The van der Waals surface area contributed by atoms with Gasteiger partial charge in [0.25, 0.3) is 11.8 Å². The maximum atomic E-state index is 11.7. The summed E-state index contributed by atoms with van der Waals surface area (Å²) < 4.78 is 0. The van der Waals surface area contributed by atoms with Crippen molar-refractivity contribution in [2.24, 2.45) is 5.73 Å². The van der Waals surface area contributed by atoms with E-state index in [-0.39, 0.29) is 17.9 Å². The molecule has 0 aliphatic carbocycles. The Kier molecular flexibility index (Phi) is 5.25. The summed E-state index contributed by atoms with van der Waals surface area (Å²) in [5.74, 6) is -0.691. The van der Waals surface area contributed by atoms with Crippen LogP contribution in [0.4, 0.5) is 0 Å².